The van der Waals surface area contributed by atoms with Gasteiger partial charge in [0.15, 0.2) is 6.10 Å². The molecule has 54 heavy (non-hydrogen) atoms. The Morgan fingerprint density at radius 3 is 1.52 bits per heavy atom. The van der Waals surface area contributed by atoms with Gasteiger partial charge in [0.1, 0.15) is 12.6 Å². The molecule has 0 fully saturated rings. The fraction of sp³-hybridized carbons (Fsp3) is 0.786. The molecule has 0 bridgehead atoms. The Kier molecular flexibility index (Phi) is 36.0. The minimum Gasteiger partial charge on any atom is -0.480 e. The van der Waals surface area contributed by atoms with Gasteiger partial charge < -0.3 is 25.2 Å². The maximum Gasteiger partial charge on any atom is 0.472 e. The quantitative estimate of drug-likeness (QED) is 0.0234. The van der Waals surface area contributed by atoms with Gasteiger partial charge in [0.05, 0.1) is 13.2 Å². The van der Waals surface area contributed by atoms with E-state index in [0.29, 0.717) is 12.8 Å². The Labute approximate surface area is 327 Å². The second kappa shape index (κ2) is 37.6. The molecule has 0 heterocycles. The van der Waals surface area contributed by atoms with E-state index in [-0.39, 0.29) is 19.4 Å². The van der Waals surface area contributed by atoms with Crippen LogP contribution >= 0.6 is 7.82 Å². The number of carbonyl (C=O) groups is 3. The molecular weight excluding hydrogens is 709 g/mol. The van der Waals surface area contributed by atoms with Crippen LogP contribution < -0.4 is 5.73 Å². The van der Waals surface area contributed by atoms with E-state index in [1.807, 2.05) is 0 Å². The Balaban J connectivity index is 4.42. The van der Waals surface area contributed by atoms with Gasteiger partial charge in [0.25, 0.3) is 0 Å². The van der Waals surface area contributed by atoms with Gasteiger partial charge in [0.2, 0.25) is 0 Å². The van der Waals surface area contributed by atoms with Crippen LogP contribution in [0.1, 0.15) is 181 Å². The summed E-state index contributed by atoms with van der Waals surface area (Å²) >= 11 is 0. The summed E-state index contributed by atoms with van der Waals surface area (Å²) in [5, 5.41) is 8.88. The van der Waals surface area contributed by atoms with E-state index in [9.17, 15) is 23.8 Å². The summed E-state index contributed by atoms with van der Waals surface area (Å²) in [4.78, 5) is 45.9. The lowest BCUT2D eigenvalue weighted by Gasteiger charge is -2.20. The molecule has 0 aromatic rings. The summed E-state index contributed by atoms with van der Waals surface area (Å²) < 4.78 is 32.6. The zero-order chi connectivity index (χ0) is 40.0. The Morgan fingerprint density at radius 2 is 1.00 bits per heavy atom. The number of ether oxygens (including phenoxy) is 2. The van der Waals surface area contributed by atoms with Crippen molar-refractivity contribution in [2.45, 2.75) is 193 Å². The molecule has 0 saturated heterocycles. The average molecular weight is 786 g/mol. The lowest BCUT2D eigenvalue weighted by atomic mass is 10.1. The maximum atomic E-state index is 12.6. The van der Waals surface area contributed by atoms with Crippen molar-refractivity contribution in [3.63, 3.8) is 0 Å². The van der Waals surface area contributed by atoms with Gasteiger partial charge in [-0.05, 0) is 64.2 Å². The topological polar surface area (TPSA) is 172 Å². The van der Waals surface area contributed by atoms with Crippen molar-refractivity contribution in [3.05, 3.63) is 36.5 Å². The number of phosphoric acid groups is 1. The van der Waals surface area contributed by atoms with Gasteiger partial charge in [0, 0.05) is 12.8 Å². The number of unbranched alkanes of at least 4 members (excludes halogenated alkanes) is 19. The Bertz CT molecular complexity index is 1060. The molecule has 11 nitrogen and oxygen atoms in total. The minimum atomic E-state index is -4.72. The van der Waals surface area contributed by atoms with Crippen molar-refractivity contribution < 1.29 is 47.5 Å². The number of carbonyl (C=O) groups excluding carboxylic acids is 2. The smallest absolute Gasteiger partial charge is 0.472 e. The fourth-order valence-corrected chi connectivity index (χ4v) is 6.26. The standard InChI is InChI=1S/C42H76NO10P/c1-3-5-7-9-11-13-15-17-19-20-22-24-26-28-30-32-34-41(45)53-38(36-51-54(48,49)52-37-39(43)42(46)47)35-50-40(44)33-31-29-27-25-23-21-18-16-14-12-10-8-6-4-2/h10,12,16,18-20,38-39H,3-9,11,13-15,17,21-37,43H2,1-2H3,(H,46,47)(H,48,49)/b12-10-,18-16-,20-19-/t38-,39+/m1/s1. The van der Waals surface area contributed by atoms with Crippen molar-refractivity contribution in [1.82, 2.24) is 0 Å². The van der Waals surface area contributed by atoms with Crippen molar-refractivity contribution in [1.29, 1.82) is 0 Å². The number of phosphoric ester groups is 1. The number of aliphatic carboxylic acids is 1. The van der Waals surface area contributed by atoms with Crippen LogP contribution in [-0.4, -0.2) is 59.9 Å². The Morgan fingerprint density at radius 1 is 0.574 bits per heavy atom. The van der Waals surface area contributed by atoms with E-state index in [1.54, 1.807) is 0 Å². The zero-order valence-corrected chi connectivity index (χ0v) is 34.7. The van der Waals surface area contributed by atoms with Gasteiger partial charge in [-0.25, -0.2) is 4.57 Å². The third-order valence-electron chi connectivity index (χ3n) is 8.86. The van der Waals surface area contributed by atoms with Crippen LogP contribution in [0.3, 0.4) is 0 Å². The monoisotopic (exact) mass is 786 g/mol. The molecule has 3 atom stereocenters. The van der Waals surface area contributed by atoms with Crippen molar-refractivity contribution in [3.8, 4) is 0 Å². The van der Waals surface area contributed by atoms with E-state index < -0.39 is 51.1 Å². The zero-order valence-electron chi connectivity index (χ0n) is 33.8. The molecule has 0 spiro atoms. The second-order valence-corrected chi connectivity index (χ2v) is 15.6. The van der Waals surface area contributed by atoms with Crippen LogP contribution in [0, 0.1) is 0 Å². The van der Waals surface area contributed by atoms with Crippen LogP contribution in [0.2, 0.25) is 0 Å². The number of carboxylic acid groups (broad SMARTS) is 1. The minimum absolute atomic E-state index is 0.148. The molecule has 0 rings (SSSR count). The van der Waals surface area contributed by atoms with E-state index >= 15 is 0 Å². The van der Waals surface area contributed by atoms with Crippen LogP contribution in [0.25, 0.3) is 0 Å². The molecule has 0 aromatic heterocycles. The molecule has 0 aliphatic carbocycles. The van der Waals surface area contributed by atoms with E-state index in [4.69, 9.17) is 24.8 Å². The molecular formula is C42H76NO10P. The first-order valence-corrected chi connectivity index (χ1v) is 22.5. The molecule has 0 aliphatic rings. The van der Waals surface area contributed by atoms with E-state index in [1.165, 1.54) is 57.8 Å². The fourth-order valence-electron chi connectivity index (χ4n) is 5.49. The van der Waals surface area contributed by atoms with Crippen molar-refractivity contribution in [2.24, 2.45) is 5.73 Å². The molecule has 0 aromatic carbocycles. The van der Waals surface area contributed by atoms with E-state index in [2.05, 4.69) is 54.8 Å². The lowest BCUT2D eigenvalue weighted by molar-refractivity contribution is -0.161. The highest BCUT2D eigenvalue weighted by Gasteiger charge is 2.28. The van der Waals surface area contributed by atoms with E-state index in [0.717, 1.165) is 83.5 Å². The molecule has 0 amide bonds. The van der Waals surface area contributed by atoms with Crippen LogP contribution in [-0.2, 0) is 37.5 Å². The summed E-state index contributed by atoms with van der Waals surface area (Å²) in [6.07, 6.45) is 39.2. The highest BCUT2D eigenvalue weighted by atomic mass is 31.2. The summed E-state index contributed by atoms with van der Waals surface area (Å²) in [6, 6.07) is -1.52. The maximum absolute atomic E-state index is 12.6. The first kappa shape index (κ1) is 51.7. The molecule has 1 unspecified atom stereocenters. The number of nitrogens with two attached hydrogens (primary N) is 1. The number of hydrogen-bond donors (Lipinski definition) is 3. The number of carboxylic acids is 1. The van der Waals surface area contributed by atoms with Gasteiger partial charge in [-0.3, -0.25) is 23.4 Å². The summed E-state index contributed by atoms with van der Waals surface area (Å²) in [6.45, 7) is 2.73. The molecule has 4 N–H and O–H groups in total. The number of rotatable bonds is 39. The SMILES string of the molecule is CCCC/C=C\C/C=C\CCCCCCCC(=O)OC[C@H](COP(=O)(O)OC[C@H](N)C(=O)O)OC(=O)CCCCCCC/C=C\CCCCCCCCC. The molecule has 0 saturated carbocycles. The van der Waals surface area contributed by atoms with Crippen LogP contribution in [0.15, 0.2) is 36.5 Å². The van der Waals surface area contributed by atoms with Crippen molar-refractivity contribution >= 4 is 25.7 Å². The largest absolute Gasteiger partial charge is 0.480 e. The van der Waals surface area contributed by atoms with Gasteiger partial charge in [-0.2, -0.15) is 0 Å². The summed E-state index contributed by atoms with van der Waals surface area (Å²) in [7, 11) is -4.72. The summed E-state index contributed by atoms with van der Waals surface area (Å²) in [5.74, 6) is -2.41. The number of allylic oxidation sites excluding steroid dienone is 6. The molecule has 314 valence electrons. The number of hydrogen-bond acceptors (Lipinski definition) is 9. The molecule has 12 heteroatoms. The normalized spacial score (nSPS) is 14.1. The number of esters is 2. The second-order valence-electron chi connectivity index (χ2n) is 14.1. The Hall–Kier alpha value is -2.30. The average Bonchev–Trinajstić information content (AvgIpc) is 3.14. The third-order valence-corrected chi connectivity index (χ3v) is 9.81. The predicted molar refractivity (Wildman–Crippen MR) is 217 cm³/mol. The van der Waals surface area contributed by atoms with Crippen LogP contribution in [0.5, 0.6) is 0 Å². The first-order valence-electron chi connectivity index (χ1n) is 21.0. The van der Waals surface area contributed by atoms with Gasteiger partial charge >= 0.3 is 25.7 Å². The summed E-state index contributed by atoms with van der Waals surface area (Å²) in [5.41, 5.74) is 5.32. The highest BCUT2D eigenvalue weighted by molar-refractivity contribution is 7.47. The first-order chi connectivity index (χ1) is 26.1. The van der Waals surface area contributed by atoms with Gasteiger partial charge in [-0.15, -0.1) is 0 Å². The van der Waals surface area contributed by atoms with Crippen LogP contribution in [0.4, 0.5) is 0 Å². The van der Waals surface area contributed by atoms with Gasteiger partial charge in [-0.1, -0.05) is 140 Å². The third kappa shape index (κ3) is 36.7. The molecule has 0 radical (unpaired) electrons. The highest BCUT2D eigenvalue weighted by Crippen LogP contribution is 2.43. The van der Waals surface area contributed by atoms with Crippen molar-refractivity contribution in [2.75, 3.05) is 19.8 Å². The lowest BCUT2D eigenvalue weighted by Crippen LogP contribution is -2.34. The molecule has 0 aliphatic heterocycles. The predicted octanol–water partition coefficient (Wildman–Crippen LogP) is 10.8.